The molecule has 0 amide bonds. The summed E-state index contributed by atoms with van der Waals surface area (Å²) in [6.45, 7) is 0. The number of hydrogen-bond acceptors (Lipinski definition) is 5. The number of hydrogen-bond donors (Lipinski definition) is 0. The number of tetrazole rings is 1. The lowest BCUT2D eigenvalue weighted by Gasteiger charge is -2.02. The van der Waals surface area contributed by atoms with Crippen LogP contribution in [0, 0.1) is 3.57 Å². The molecule has 16 heavy (non-hydrogen) atoms. The summed E-state index contributed by atoms with van der Waals surface area (Å²) < 4.78 is 25.0. The van der Waals surface area contributed by atoms with E-state index in [2.05, 4.69) is 38.1 Å². The molecule has 0 saturated heterocycles. The average molecular weight is 350 g/mol. The van der Waals surface area contributed by atoms with Gasteiger partial charge in [-0.15, -0.1) is 0 Å². The van der Waals surface area contributed by atoms with Gasteiger partial charge in [0.2, 0.25) is 9.84 Å². The number of sulfone groups is 1. The molecular weight excluding hydrogens is 343 g/mol. The van der Waals surface area contributed by atoms with E-state index in [1.54, 1.807) is 12.1 Å². The molecule has 1 heterocycles. The Balaban J connectivity index is 2.62. The molecule has 2 rings (SSSR count). The van der Waals surface area contributed by atoms with Crippen LogP contribution in [0.2, 0.25) is 0 Å². The molecule has 1 aromatic carbocycles. The van der Waals surface area contributed by atoms with Crippen LogP contribution in [0.4, 0.5) is 0 Å². The summed E-state index contributed by atoms with van der Waals surface area (Å²) in [6.07, 6.45) is 1.07. The van der Waals surface area contributed by atoms with Crippen molar-refractivity contribution >= 4 is 32.4 Å². The Kier molecular flexibility index (Phi) is 2.93. The molecule has 0 saturated carbocycles. The van der Waals surface area contributed by atoms with Gasteiger partial charge in [0.05, 0.1) is 5.69 Å². The molecule has 6 nitrogen and oxygen atoms in total. The van der Waals surface area contributed by atoms with Crippen molar-refractivity contribution in [1.82, 2.24) is 20.2 Å². The highest BCUT2D eigenvalue weighted by Gasteiger charge is 2.18. The molecule has 0 radical (unpaired) electrons. The number of aromatic nitrogens is 4. The molecule has 8 heteroatoms. The smallest absolute Gasteiger partial charge is 0.221 e. The Hall–Kier alpha value is -1.03. The van der Waals surface area contributed by atoms with E-state index in [9.17, 15) is 8.42 Å². The van der Waals surface area contributed by atoms with Gasteiger partial charge < -0.3 is 0 Å². The van der Waals surface area contributed by atoms with Crippen LogP contribution in [-0.4, -0.2) is 34.9 Å². The van der Waals surface area contributed by atoms with E-state index >= 15 is 0 Å². The monoisotopic (exact) mass is 350 g/mol. The number of halogens is 1. The molecule has 0 spiro atoms. The fraction of sp³-hybridized carbons (Fsp3) is 0.125. The Morgan fingerprint density at radius 1 is 1.38 bits per heavy atom. The Morgan fingerprint density at radius 2 is 2.12 bits per heavy atom. The van der Waals surface area contributed by atoms with Crippen molar-refractivity contribution in [3.05, 3.63) is 27.8 Å². The quantitative estimate of drug-likeness (QED) is 0.744. The zero-order valence-corrected chi connectivity index (χ0v) is 11.2. The third-order valence-corrected chi connectivity index (χ3v) is 3.41. The number of benzene rings is 1. The molecule has 0 fully saturated rings. The summed E-state index contributed by atoms with van der Waals surface area (Å²) in [5, 5.41) is 10.4. The summed E-state index contributed by atoms with van der Waals surface area (Å²) in [7, 11) is -3.43. The predicted octanol–water partition coefficient (Wildman–Crippen LogP) is 0.670. The van der Waals surface area contributed by atoms with Gasteiger partial charge in [-0.05, 0) is 51.2 Å². The van der Waals surface area contributed by atoms with Crippen molar-refractivity contribution in [2.45, 2.75) is 5.16 Å². The van der Waals surface area contributed by atoms with Gasteiger partial charge >= 0.3 is 0 Å². The second-order valence-electron chi connectivity index (χ2n) is 3.13. The van der Waals surface area contributed by atoms with Crippen LogP contribution >= 0.6 is 22.6 Å². The predicted molar refractivity (Wildman–Crippen MR) is 65.0 cm³/mol. The highest BCUT2D eigenvalue weighted by molar-refractivity contribution is 14.1. The van der Waals surface area contributed by atoms with Crippen molar-refractivity contribution in [2.75, 3.05) is 6.26 Å². The Labute approximate surface area is 106 Å². The van der Waals surface area contributed by atoms with Crippen molar-refractivity contribution in [2.24, 2.45) is 0 Å². The summed E-state index contributed by atoms with van der Waals surface area (Å²) in [5.41, 5.74) is 0.623. The molecular formula is C8H7IN4O2S. The average Bonchev–Trinajstić information content (AvgIpc) is 2.65. The molecule has 0 bridgehead atoms. The maximum absolute atomic E-state index is 11.4. The topological polar surface area (TPSA) is 77.7 Å². The van der Waals surface area contributed by atoms with E-state index in [1.165, 1.54) is 4.68 Å². The first-order chi connectivity index (χ1) is 7.48. The third kappa shape index (κ3) is 2.21. The molecule has 84 valence electrons. The van der Waals surface area contributed by atoms with Crippen LogP contribution in [0.3, 0.4) is 0 Å². The minimum atomic E-state index is -3.43. The van der Waals surface area contributed by atoms with Gasteiger partial charge in [-0.1, -0.05) is 11.2 Å². The summed E-state index contributed by atoms with van der Waals surface area (Å²) >= 11 is 2.13. The largest absolute Gasteiger partial charge is 0.272 e. The highest BCUT2D eigenvalue weighted by atomic mass is 127. The van der Waals surface area contributed by atoms with Gasteiger partial charge in [-0.25, -0.2) is 8.42 Å². The van der Waals surface area contributed by atoms with E-state index < -0.39 is 9.84 Å². The normalized spacial score (nSPS) is 11.6. The fourth-order valence-electron chi connectivity index (χ4n) is 1.18. The second-order valence-corrected chi connectivity index (χ2v) is 6.28. The van der Waals surface area contributed by atoms with Crippen molar-refractivity contribution < 1.29 is 8.42 Å². The highest BCUT2D eigenvalue weighted by Crippen LogP contribution is 2.14. The van der Waals surface area contributed by atoms with Crippen LogP contribution in [0.25, 0.3) is 5.69 Å². The summed E-state index contributed by atoms with van der Waals surface area (Å²) in [5.74, 6) is 0. The molecule has 0 unspecified atom stereocenters. The van der Waals surface area contributed by atoms with Crippen LogP contribution < -0.4 is 0 Å². The standard InChI is InChI=1S/C8H7IN4O2S/c1-16(14,15)8-10-11-12-13(8)7-4-2-3-6(9)5-7/h2-5H,1H3. The van der Waals surface area contributed by atoms with Gasteiger partial charge in [-0.2, -0.15) is 4.68 Å². The van der Waals surface area contributed by atoms with Gasteiger partial charge in [0.1, 0.15) is 0 Å². The molecule has 0 aliphatic heterocycles. The van der Waals surface area contributed by atoms with E-state index in [4.69, 9.17) is 0 Å². The van der Waals surface area contributed by atoms with Gasteiger partial charge in [-0.3, -0.25) is 0 Å². The summed E-state index contributed by atoms with van der Waals surface area (Å²) in [4.78, 5) is 0. The van der Waals surface area contributed by atoms with Crippen molar-refractivity contribution in [1.29, 1.82) is 0 Å². The minimum Gasteiger partial charge on any atom is -0.221 e. The van der Waals surface area contributed by atoms with E-state index in [1.807, 2.05) is 12.1 Å². The zero-order chi connectivity index (χ0) is 11.8. The minimum absolute atomic E-state index is 0.158. The first-order valence-electron chi connectivity index (χ1n) is 4.23. The molecule has 2 aromatic rings. The fourth-order valence-corrected chi connectivity index (χ4v) is 2.35. The van der Waals surface area contributed by atoms with Gasteiger partial charge in [0, 0.05) is 9.83 Å². The van der Waals surface area contributed by atoms with Crippen molar-refractivity contribution in [3.8, 4) is 5.69 Å². The third-order valence-electron chi connectivity index (χ3n) is 1.83. The Bertz CT molecular complexity index is 622. The summed E-state index contributed by atoms with van der Waals surface area (Å²) in [6, 6.07) is 7.25. The van der Waals surface area contributed by atoms with E-state index in [0.29, 0.717) is 5.69 Å². The zero-order valence-electron chi connectivity index (χ0n) is 8.20. The number of nitrogens with zero attached hydrogens (tertiary/aromatic N) is 4. The molecule has 0 N–H and O–H groups in total. The molecule has 1 aromatic heterocycles. The van der Waals surface area contributed by atoms with Crippen LogP contribution in [0.15, 0.2) is 29.4 Å². The maximum atomic E-state index is 11.4. The van der Waals surface area contributed by atoms with Crippen LogP contribution in [-0.2, 0) is 9.84 Å². The lowest BCUT2D eigenvalue weighted by atomic mass is 10.3. The number of rotatable bonds is 2. The molecule has 0 aliphatic carbocycles. The first kappa shape index (κ1) is 11.5. The Morgan fingerprint density at radius 3 is 2.75 bits per heavy atom. The SMILES string of the molecule is CS(=O)(=O)c1nnnn1-c1cccc(I)c1. The van der Waals surface area contributed by atoms with Gasteiger partial charge in [0.15, 0.2) is 0 Å². The lowest BCUT2D eigenvalue weighted by molar-refractivity contribution is 0.586. The molecule has 0 atom stereocenters. The van der Waals surface area contributed by atoms with Crippen LogP contribution in [0.5, 0.6) is 0 Å². The maximum Gasteiger partial charge on any atom is 0.272 e. The lowest BCUT2D eigenvalue weighted by Crippen LogP contribution is -2.09. The van der Waals surface area contributed by atoms with Crippen LogP contribution in [0.1, 0.15) is 0 Å². The van der Waals surface area contributed by atoms with E-state index in [0.717, 1.165) is 9.83 Å². The van der Waals surface area contributed by atoms with Gasteiger partial charge in [0.25, 0.3) is 5.16 Å². The van der Waals surface area contributed by atoms with Crippen molar-refractivity contribution in [3.63, 3.8) is 0 Å². The second kappa shape index (κ2) is 4.09. The molecule has 0 aliphatic rings. The van der Waals surface area contributed by atoms with E-state index in [-0.39, 0.29) is 5.16 Å². The first-order valence-corrected chi connectivity index (χ1v) is 7.20.